The Hall–Kier alpha value is -2.95. The van der Waals surface area contributed by atoms with Gasteiger partial charge in [-0.15, -0.1) is 0 Å². The molecule has 0 bridgehead atoms. The predicted octanol–water partition coefficient (Wildman–Crippen LogP) is 0.710. The Morgan fingerprint density at radius 2 is 1.52 bits per heavy atom. The average molecular weight is 417 g/mol. The van der Waals surface area contributed by atoms with Crippen LogP contribution in [-0.4, -0.2) is 56.3 Å². The monoisotopic (exact) mass is 417 g/mol. The van der Waals surface area contributed by atoms with Crippen LogP contribution < -0.4 is 16.2 Å². The molecule has 29 heavy (non-hydrogen) atoms. The lowest BCUT2D eigenvalue weighted by molar-refractivity contribution is -0.124. The summed E-state index contributed by atoms with van der Waals surface area (Å²) in [4.78, 5) is 28.0. The van der Waals surface area contributed by atoms with Gasteiger partial charge in [0.25, 0.3) is 0 Å². The number of nitrogens with one attached hydrogen (secondary N) is 1. The van der Waals surface area contributed by atoms with Gasteiger partial charge in [-0.2, -0.15) is 0 Å². The molecule has 10 heteroatoms. The first kappa shape index (κ1) is 20.8. The fourth-order valence-electron chi connectivity index (χ4n) is 3.30. The molecule has 1 heterocycles. The van der Waals surface area contributed by atoms with E-state index in [0.717, 1.165) is 5.56 Å². The molecule has 2 aromatic carbocycles. The minimum Gasteiger partial charge on any atom is -0.368 e. The van der Waals surface area contributed by atoms with Gasteiger partial charge >= 0.3 is 6.03 Å². The lowest BCUT2D eigenvalue weighted by atomic mass is 10.0. The highest BCUT2D eigenvalue weighted by molar-refractivity contribution is 7.89. The molecule has 1 atom stereocenters. The number of benzene rings is 2. The number of sulfonamides is 1. The van der Waals surface area contributed by atoms with Crippen molar-refractivity contribution in [1.29, 1.82) is 0 Å². The summed E-state index contributed by atoms with van der Waals surface area (Å²) in [6.07, 6.45) is 0. The number of anilines is 1. The van der Waals surface area contributed by atoms with Gasteiger partial charge in [0, 0.05) is 31.9 Å². The third-order valence-electron chi connectivity index (χ3n) is 4.79. The SMILES string of the molecule is NC(=O)C(c1ccccc1)N1CCN(C(=O)Nc2ccc(S(N)(=O)=O)cc2)CC1. The van der Waals surface area contributed by atoms with Crippen LogP contribution in [0.5, 0.6) is 0 Å². The van der Waals surface area contributed by atoms with E-state index in [1.54, 1.807) is 4.90 Å². The van der Waals surface area contributed by atoms with Crippen LogP contribution in [0, 0.1) is 0 Å². The van der Waals surface area contributed by atoms with E-state index in [0.29, 0.717) is 31.9 Å². The molecule has 0 aliphatic carbocycles. The van der Waals surface area contributed by atoms with Crippen molar-refractivity contribution < 1.29 is 18.0 Å². The number of carbonyl (C=O) groups excluding carboxylic acids is 2. The van der Waals surface area contributed by atoms with E-state index < -0.39 is 22.0 Å². The number of primary amides is 1. The van der Waals surface area contributed by atoms with Crippen molar-refractivity contribution in [2.75, 3.05) is 31.5 Å². The normalized spacial score (nSPS) is 16.2. The van der Waals surface area contributed by atoms with Crippen LogP contribution in [-0.2, 0) is 14.8 Å². The highest BCUT2D eigenvalue weighted by atomic mass is 32.2. The topological polar surface area (TPSA) is 139 Å². The van der Waals surface area contributed by atoms with Crippen LogP contribution >= 0.6 is 0 Å². The van der Waals surface area contributed by atoms with E-state index in [1.807, 2.05) is 35.2 Å². The highest BCUT2D eigenvalue weighted by Crippen LogP contribution is 2.22. The molecule has 2 aromatic rings. The van der Waals surface area contributed by atoms with E-state index in [2.05, 4.69) is 5.32 Å². The van der Waals surface area contributed by atoms with Gasteiger partial charge in [0.05, 0.1) is 4.90 Å². The van der Waals surface area contributed by atoms with Gasteiger partial charge in [-0.25, -0.2) is 18.4 Å². The summed E-state index contributed by atoms with van der Waals surface area (Å²) in [5.74, 6) is -0.427. The molecule has 0 radical (unpaired) electrons. The van der Waals surface area contributed by atoms with Crippen LogP contribution in [0.2, 0.25) is 0 Å². The number of nitrogens with two attached hydrogens (primary N) is 2. The van der Waals surface area contributed by atoms with Crippen LogP contribution in [0.3, 0.4) is 0 Å². The fourth-order valence-corrected chi connectivity index (χ4v) is 3.82. The van der Waals surface area contributed by atoms with E-state index in [9.17, 15) is 18.0 Å². The maximum Gasteiger partial charge on any atom is 0.321 e. The van der Waals surface area contributed by atoms with Crippen LogP contribution in [0.1, 0.15) is 11.6 Å². The van der Waals surface area contributed by atoms with Crippen LogP contribution in [0.25, 0.3) is 0 Å². The molecule has 9 nitrogen and oxygen atoms in total. The third-order valence-corrected chi connectivity index (χ3v) is 5.71. The molecule has 1 aliphatic rings. The smallest absolute Gasteiger partial charge is 0.321 e. The first-order valence-corrected chi connectivity index (χ1v) is 10.6. The molecule has 0 aromatic heterocycles. The van der Waals surface area contributed by atoms with E-state index in [-0.39, 0.29) is 10.9 Å². The molecule has 1 aliphatic heterocycles. The summed E-state index contributed by atoms with van der Waals surface area (Å²) in [6, 6.07) is 14.1. The number of hydrogen-bond donors (Lipinski definition) is 3. The van der Waals surface area contributed by atoms with Gasteiger partial charge in [0.2, 0.25) is 15.9 Å². The van der Waals surface area contributed by atoms with Crippen molar-refractivity contribution in [3.05, 3.63) is 60.2 Å². The highest BCUT2D eigenvalue weighted by Gasteiger charge is 2.30. The molecule has 3 rings (SSSR count). The second-order valence-electron chi connectivity index (χ2n) is 6.74. The van der Waals surface area contributed by atoms with Gasteiger partial charge in [0.15, 0.2) is 0 Å². The molecule has 154 valence electrons. The number of rotatable bonds is 5. The lowest BCUT2D eigenvalue weighted by Crippen LogP contribution is -2.52. The first-order chi connectivity index (χ1) is 13.8. The summed E-state index contributed by atoms with van der Waals surface area (Å²) < 4.78 is 22.6. The molecular formula is C19H23N5O4S. The Labute approximate surface area is 169 Å². The Morgan fingerprint density at radius 3 is 2.03 bits per heavy atom. The number of urea groups is 1. The molecule has 0 saturated carbocycles. The maximum absolute atomic E-state index is 12.5. The van der Waals surface area contributed by atoms with Gasteiger partial charge in [-0.3, -0.25) is 9.69 Å². The number of primary sulfonamides is 1. The summed E-state index contributed by atoms with van der Waals surface area (Å²) in [6.45, 7) is 1.86. The molecule has 3 amide bonds. The molecule has 5 N–H and O–H groups in total. The molecule has 1 unspecified atom stereocenters. The molecule has 1 fully saturated rings. The zero-order valence-corrected chi connectivity index (χ0v) is 16.5. The van der Waals surface area contributed by atoms with Crippen LogP contribution in [0.15, 0.2) is 59.5 Å². The maximum atomic E-state index is 12.5. The van der Waals surface area contributed by atoms with Gasteiger partial charge in [-0.05, 0) is 29.8 Å². The number of carbonyl (C=O) groups is 2. The third kappa shape index (κ3) is 5.11. The van der Waals surface area contributed by atoms with Crippen molar-refractivity contribution in [2.45, 2.75) is 10.9 Å². The quantitative estimate of drug-likeness (QED) is 0.657. The number of nitrogens with zero attached hydrogens (tertiary/aromatic N) is 2. The van der Waals surface area contributed by atoms with Crippen molar-refractivity contribution >= 4 is 27.6 Å². The molecule has 1 saturated heterocycles. The van der Waals surface area contributed by atoms with Crippen molar-refractivity contribution in [2.24, 2.45) is 10.9 Å². The first-order valence-electron chi connectivity index (χ1n) is 9.03. The summed E-state index contributed by atoms with van der Waals surface area (Å²) in [5.41, 5.74) is 6.90. The standard InChI is InChI=1S/C19H23N5O4S/c20-18(25)17(14-4-2-1-3-5-14)23-10-12-24(13-11-23)19(26)22-15-6-8-16(9-7-15)29(21,27)28/h1-9,17H,10-13H2,(H2,20,25)(H,22,26)(H2,21,27,28). The van der Waals surface area contributed by atoms with Crippen molar-refractivity contribution in [1.82, 2.24) is 9.80 Å². The Morgan fingerprint density at radius 1 is 0.931 bits per heavy atom. The van der Waals surface area contributed by atoms with Crippen molar-refractivity contribution in [3.8, 4) is 0 Å². The Bertz CT molecular complexity index is 971. The minimum atomic E-state index is -3.78. The number of piperazine rings is 1. The zero-order valence-electron chi connectivity index (χ0n) is 15.7. The Kier molecular flexibility index (Phi) is 6.16. The summed E-state index contributed by atoms with van der Waals surface area (Å²) in [5, 5.41) is 7.79. The Balaban J connectivity index is 1.60. The number of hydrogen-bond acceptors (Lipinski definition) is 5. The van der Waals surface area contributed by atoms with Gasteiger partial charge in [-0.1, -0.05) is 30.3 Å². The molecule has 0 spiro atoms. The van der Waals surface area contributed by atoms with E-state index in [4.69, 9.17) is 10.9 Å². The van der Waals surface area contributed by atoms with Gasteiger partial charge < -0.3 is 16.0 Å². The molecular weight excluding hydrogens is 394 g/mol. The van der Waals surface area contributed by atoms with E-state index >= 15 is 0 Å². The van der Waals surface area contributed by atoms with Crippen LogP contribution in [0.4, 0.5) is 10.5 Å². The largest absolute Gasteiger partial charge is 0.368 e. The predicted molar refractivity (Wildman–Crippen MR) is 108 cm³/mol. The average Bonchev–Trinajstić information content (AvgIpc) is 2.69. The second kappa shape index (κ2) is 8.60. The lowest BCUT2D eigenvalue weighted by Gasteiger charge is -2.38. The van der Waals surface area contributed by atoms with E-state index in [1.165, 1.54) is 24.3 Å². The second-order valence-corrected chi connectivity index (χ2v) is 8.30. The summed E-state index contributed by atoms with van der Waals surface area (Å²) in [7, 11) is -3.78. The number of amides is 3. The zero-order chi connectivity index (χ0) is 21.0. The fraction of sp³-hybridized carbons (Fsp3) is 0.263. The van der Waals surface area contributed by atoms with Crippen molar-refractivity contribution in [3.63, 3.8) is 0 Å². The minimum absolute atomic E-state index is 0.0254. The summed E-state index contributed by atoms with van der Waals surface area (Å²) >= 11 is 0. The van der Waals surface area contributed by atoms with Gasteiger partial charge in [0.1, 0.15) is 6.04 Å².